The molecule has 0 spiro atoms. The molecule has 0 unspecified atom stereocenters. The van der Waals surface area contributed by atoms with Gasteiger partial charge in [0.25, 0.3) is 11.9 Å². The van der Waals surface area contributed by atoms with Crippen molar-refractivity contribution in [2.75, 3.05) is 17.2 Å². The number of ether oxygens (including phenoxy) is 1. The maximum atomic E-state index is 11.7. The number of nitrogens with one attached hydrogen (secondary N) is 2. The number of carbonyl (C=O) groups excluding carboxylic acids is 2. The first-order valence-electron chi connectivity index (χ1n) is 7.46. The zero-order valence-electron chi connectivity index (χ0n) is 13.5. The molecule has 2 aromatic carbocycles. The highest BCUT2D eigenvalue weighted by Crippen LogP contribution is 2.31. The van der Waals surface area contributed by atoms with Gasteiger partial charge in [-0.2, -0.15) is 4.98 Å². The van der Waals surface area contributed by atoms with Crippen molar-refractivity contribution in [2.24, 2.45) is 0 Å². The normalized spacial score (nSPS) is 10.6. The van der Waals surface area contributed by atoms with Gasteiger partial charge in [-0.25, -0.2) is 0 Å². The lowest BCUT2D eigenvalue weighted by molar-refractivity contribution is -0.144. The van der Waals surface area contributed by atoms with E-state index in [1.54, 1.807) is 36.4 Å². The van der Waals surface area contributed by atoms with Crippen molar-refractivity contribution in [3.8, 4) is 0 Å². The van der Waals surface area contributed by atoms with E-state index < -0.39 is 11.9 Å². The maximum absolute atomic E-state index is 11.7. The molecule has 0 aliphatic carbocycles. The van der Waals surface area contributed by atoms with Crippen LogP contribution in [0, 0.1) is 0 Å². The second-order valence-corrected chi connectivity index (χ2v) is 6.13. The van der Waals surface area contributed by atoms with E-state index in [4.69, 9.17) is 27.6 Å². The molecule has 0 bridgehead atoms. The lowest BCUT2D eigenvalue weighted by Crippen LogP contribution is -2.19. The first-order chi connectivity index (χ1) is 12.4. The van der Waals surface area contributed by atoms with E-state index in [9.17, 15) is 9.59 Å². The maximum Gasteiger partial charge on any atom is 0.303 e. The molecule has 3 aromatic rings. The van der Waals surface area contributed by atoms with Crippen LogP contribution in [-0.4, -0.2) is 23.5 Å². The van der Waals surface area contributed by atoms with Gasteiger partial charge in [-0.15, -0.1) is 0 Å². The van der Waals surface area contributed by atoms with Crippen LogP contribution >= 0.6 is 23.2 Å². The monoisotopic (exact) mass is 393 g/mol. The Morgan fingerprint density at radius 3 is 2.73 bits per heavy atom. The molecule has 0 atom stereocenters. The van der Waals surface area contributed by atoms with Gasteiger partial charge in [0.15, 0.2) is 12.2 Å². The molecule has 1 aromatic heterocycles. The third kappa shape index (κ3) is 4.44. The summed E-state index contributed by atoms with van der Waals surface area (Å²) in [5.74, 6) is -0.967. The van der Waals surface area contributed by atoms with Gasteiger partial charge in [-0.05, 0) is 30.3 Å². The molecule has 0 saturated heterocycles. The highest BCUT2D eigenvalue weighted by atomic mass is 35.5. The Morgan fingerprint density at radius 2 is 1.96 bits per heavy atom. The van der Waals surface area contributed by atoms with Gasteiger partial charge in [0.05, 0.1) is 5.02 Å². The highest BCUT2D eigenvalue weighted by Gasteiger charge is 2.11. The largest absolute Gasteiger partial charge is 0.456 e. The second-order valence-electron chi connectivity index (χ2n) is 5.29. The summed E-state index contributed by atoms with van der Waals surface area (Å²) in [7, 11) is 0. The summed E-state index contributed by atoms with van der Waals surface area (Å²) in [6.07, 6.45) is 0. The fourth-order valence-electron chi connectivity index (χ4n) is 2.18. The van der Waals surface area contributed by atoms with Crippen LogP contribution in [0.2, 0.25) is 10.0 Å². The number of hydrogen-bond donors (Lipinski definition) is 2. The van der Waals surface area contributed by atoms with E-state index in [2.05, 4.69) is 20.4 Å². The minimum absolute atomic E-state index is 0.229. The number of aromatic nitrogens is 1. The number of esters is 1. The van der Waals surface area contributed by atoms with E-state index in [0.717, 1.165) is 0 Å². The summed E-state index contributed by atoms with van der Waals surface area (Å²) in [5.41, 5.74) is 2.09. The number of benzene rings is 2. The van der Waals surface area contributed by atoms with Crippen molar-refractivity contribution in [3.05, 3.63) is 46.4 Å². The van der Waals surface area contributed by atoms with Gasteiger partial charge in [0.2, 0.25) is 0 Å². The molecule has 3 rings (SSSR count). The Hall–Kier alpha value is -2.77. The number of carbonyl (C=O) groups is 2. The number of hydrogen-bond acceptors (Lipinski definition) is 6. The van der Waals surface area contributed by atoms with E-state index in [1.807, 2.05) is 0 Å². The molecule has 26 heavy (non-hydrogen) atoms. The van der Waals surface area contributed by atoms with Crippen LogP contribution in [0.25, 0.3) is 11.1 Å². The van der Waals surface area contributed by atoms with Gasteiger partial charge in [0, 0.05) is 23.3 Å². The molecule has 7 nitrogen and oxygen atoms in total. The minimum atomic E-state index is -0.523. The fourth-order valence-corrected chi connectivity index (χ4v) is 2.70. The Labute approximate surface area is 158 Å². The van der Waals surface area contributed by atoms with E-state index >= 15 is 0 Å². The number of anilines is 3. The summed E-state index contributed by atoms with van der Waals surface area (Å²) in [4.78, 5) is 26.7. The van der Waals surface area contributed by atoms with Gasteiger partial charge < -0.3 is 19.8 Å². The van der Waals surface area contributed by atoms with Crippen molar-refractivity contribution in [1.82, 2.24) is 4.98 Å². The van der Waals surface area contributed by atoms with Gasteiger partial charge in [0.1, 0.15) is 5.52 Å². The van der Waals surface area contributed by atoms with Gasteiger partial charge in [-0.3, -0.25) is 9.59 Å². The van der Waals surface area contributed by atoms with Crippen LogP contribution in [-0.2, 0) is 14.3 Å². The minimum Gasteiger partial charge on any atom is -0.456 e. The Balaban J connectivity index is 1.73. The van der Waals surface area contributed by atoms with Crippen LogP contribution in [0.4, 0.5) is 17.4 Å². The molecule has 1 amide bonds. The molecule has 2 N–H and O–H groups in total. The fraction of sp³-hybridized carbons (Fsp3) is 0.118. The van der Waals surface area contributed by atoms with Gasteiger partial charge in [-0.1, -0.05) is 29.3 Å². The summed E-state index contributed by atoms with van der Waals surface area (Å²) in [6.45, 7) is 0.884. The molecule has 0 saturated carbocycles. The number of nitrogens with zero attached hydrogens (tertiary/aromatic N) is 1. The standard InChI is InChI=1S/C17H13Cl2N3O4/c1-9(23)25-8-15(24)20-11-3-2-4-12(7-11)21-17-22-14-6-10(18)5-13(19)16(14)26-17/h2-7H,8H2,1H3,(H,20,24)(H,21,22). The third-order valence-corrected chi connectivity index (χ3v) is 3.71. The van der Waals surface area contributed by atoms with Crippen LogP contribution in [0.5, 0.6) is 0 Å². The molecule has 0 radical (unpaired) electrons. The lowest BCUT2D eigenvalue weighted by Gasteiger charge is -2.07. The number of amides is 1. The summed E-state index contributed by atoms with van der Waals surface area (Å²) >= 11 is 12.0. The molecule has 0 aliphatic heterocycles. The van der Waals surface area contributed by atoms with Crippen LogP contribution in [0.3, 0.4) is 0 Å². The predicted octanol–water partition coefficient (Wildman–Crippen LogP) is 4.38. The molecule has 1 heterocycles. The van der Waals surface area contributed by atoms with Crippen LogP contribution in [0.15, 0.2) is 40.8 Å². The van der Waals surface area contributed by atoms with Gasteiger partial charge >= 0.3 is 5.97 Å². The Kier molecular flexibility index (Phi) is 5.29. The van der Waals surface area contributed by atoms with Crippen LogP contribution in [0.1, 0.15) is 6.92 Å². The van der Waals surface area contributed by atoms with Crippen molar-refractivity contribution in [2.45, 2.75) is 6.92 Å². The number of halogens is 2. The molecule has 9 heteroatoms. The smallest absolute Gasteiger partial charge is 0.303 e. The Bertz CT molecular complexity index is 987. The Morgan fingerprint density at radius 1 is 1.19 bits per heavy atom. The molecular weight excluding hydrogens is 381 g/mol. The second kappa shape index (κ2) is 7.63. The summed E-state index contributed by atoms with van der Waals surface area (Å²) in [5, 5.41) is 6.43. The number of rotatable bonds is 5. The number of oxazole rings is 1. The van der Waals surface area contributed by atoms with Crippen molar-refractivity contribution >= 4 is 63.6 Å². The average molecular weight is 394 g/mol. The van der Waals surface area contributed by atoms with Crippen LogP contribution < -0.4 is 10.6 Å². The van der Waals surface area contributed by atoms with Crippen molar-refractivity contribution in [3.63, 3.8) is 0 Å². The third-order valence-electron chi connectivity index (χ3n) is 3.21. The molecule has 134 valence electrons. The van der Waals surface area contributed by atoms with Crippen molar-refractivity contribution in [1.29, 1.82) is 0 Å². The van der Waals surface area contributed by atoms with E-state index in [-0.39, 0.29) is 12.6 Å². The highest BCUT2D eigenvalue weighted by molar-refractivity contribution is 6.38. The SMILES string of the molecule is CC(=O)OCC(=O)Nc1cccc(Nc2nc3cc(Cl)cc(Cl)c3o2)c1. The summed E-state index contributed by atoms with van der Waals surface area (Å²) in [6, 6.07) is 10.3. The number of fused-ring (bicyclic) bond motifs is 1. The first kappa shape index (κ1) is 18.0. The lowest BCUT2D eigenvalue weighted by atomic mass is 10.2. The predicted molar refractivity (Wildman–Crippen MR) is 99.0 cm³/mol. The quantitative estimate of drug-likeness (QED) is 0.624. The van der Waals surface area contributed by atoms with Crippen molar-refractivity contribution < 1.29 is 18.7 Å². The van der Waals surface area contributed by atoms with E-state index in [0.29, 0.717) is 32.5 Å². The average Bonchev–Trinajstić information content (AvgIpc) is 2.96. The first-order valence-corrected chi connectivity index (χ1v) is 8.22. The molecular formula is C17H13Cl2N3O4. The molecule has 0 fully saturated rings. The van der Waals surface area contributed by atoms with E-state index in [1.165, 1.54) is 6.92 Å². The zero-order chi connectivity index (χ0) is 18.7. The summed E-state index contributed by atoms with van der Waals surface area (Å²) < 4.78 is 10.2. The topological polar surface area (TPSA) is 93.5 Å². The zero-order valence-corrected chi connectivity index (χ0v) is 15.0. The molecule has 0 aliphatic rings.